The van der Waals surface area contributed by atoms with Gasteiger partial charge in [0.2, 0.25) is 11.8 Å². The van der Waals surface area contributed by atoms with Crippen LogP contribution in [0.3, 0.4) is 0 Å². The molecule has 168 valence electrons. The summed E-state index contributed by atoms with van der Waals surface area (Å²) < 4.78 is 5.14. The van der Waals surface area contributed by atoms with E-state index in [9.17, 15) is 19.2 Å². The van der Waals surface area contributed by atoms with E-state index in [4.69, 9.17) is 16.3 Å². The summed E-state index contributed by atoms with van der Waals surface area (Å²) >= 11 is 5.96. The molecule has 2 aliphatic carbocycles. The van der Waals surface area contributed by atoms with Crippen molar-refractivity contribution in [3.63, 3.8) is 0 Å². The molecule has 1 heterocycles. The molecule has 1 saturated carbocycles. The van der Waals surface area contributed by atoms with Gasteiger partial charge in [0, 0.05) is 10.7 Å². The van der Waals surface area contributed by atoms with Crippen LogP contribution in [0.2, 0.25) is 5.02 Å². The monoisotopic (exact) mass is 464 g/mol. The average molecular weight is 465 g/mol. The summed E-state index contributed by atoms with van der Waals surface area (Å²) in [5.41, 5.74) is 1.84. The molecule has 8 heteroatoms. The Morgan fingerprint density at radius 2 is 1.76 bits per heavy atom. The lowest BCUT2D eigenvalue weighted by Crippen LogP contribution is -2.33. The van der Waals surface area contributed by atoms with Crippen molar-refractivity contribution in [2.24, 2.45) is 23.7 Å². The molecule has 3 amide bonds. The molecule has 2 bridgehead atoms. The molecule has 4 atom stereocenters. The second-order valence-corrected chi connectivity index (χ2v) is 9.08. The zero-order chi connectivity index (χ0) is 23.3. The Hall–Kier alpha value is -3.45. The van der Waals surface area contributed by atoms with Crippen LogP contribution in [0, 0.1) is 30.6 Å². The Kier molecular flexibility index (Phi) is 5.29. The zero-order valence-corrected chi connectivity index (χ0v) is 18.5. The van der Waals surface area contributed by atoms with E-state index in [0.29, 0.717) is 16.4 Å². The van der Waals surface area contributed by atoms with Crippen LogP contribution in [0.5, 0.6) is 0 Å². The number of hydrogen-bond acceptors (Lipinski definition) is 5. The molecule has 0 aromatic heterocycles. The number of fused-ring (bicyclic) bond motifs is 5. The third-order valence-electron chi connectivity index (χ3n) is 6.62. The van der Waals surface area contributed by atoms with Crippen molar-refractivity contribution >= 4 is 46.7 Å². The van der Waals surface area contributed by atoms with Crippen LogP contribution in [-0.2, 0) is 19.1 Å². The van der Waals surface area contributed by atoms with Crippen molar-refractivity contribution in [2.45, 2.75) is 13.3 Å². The topological polar surface area (TPSA) is 92.8 Å². The first-order valence-corrected chi connectivity index (χ1v) is 11.1. The van der Waals surface area contributed by atoms with Crippen molar-refractivity contribution in [2.75, 3.05) is 16.8 Å². The van der Waals surface area contributed by atoms with Crippen molar-refractivity contribution in [3.8, 4) is 0 Å². The first kappa shape index (κ1) is 21.4. The van der Waals surface area contributed by atoms with Crippen LogP contribution in [0.1, 0.15) is 22.3 Å². The normalized spacial score (nSPS) is 24.8. The number of rotatable bonds is 5. The maximum atomic E-state index is 13.0. The van der Waals surface area contributed by atoms with Gasteiger partial charge in [0.25, 0.3) is 5.91 Å². The fraction of sp³-hybridized carbons (Fsp3) is 0.280. The van der Waals surface area contributed by atoms with Gasteiger partial charge in [-0.2, -0.15) is 0 Å². The first-order chi connectivity index (χ1) is 15.8. The molecule has 1 saturated heterocycles. The second kappa shape index (κ2) is 8.15. The van der Waals surface area contributed by atoms with Gasteiger partial charge in [-0.1, -0.05) is 35.9 Å². The van der Waals surface area contributed by atoms with Crippen molar-refractivity contribution in [1.29, 1.82) is 0 Å². The Morgan fingerprint density at radius 1 is 1.06 bits per heavy atom. The standard InChI is InChI=1S/C25H21ClN2O5/c1-13-5-8-17(26)11-19(13)27-20(29)12-33-25(32)16-3-2-4-18(10-16)28-23(30)21-14-6-7-15(9-14)22(21)24(28)31/h2-8,10-11,14-15,21-22H,9,12H2,1H3,(H,27,29)/t14-,15-,21+,22+/m0/s1. The number of amides is 3. The van der Waals surface area contributed by atoms with E-state index >= 15 is 0 Å². The van der Waals surface area contributed by atoms with Gasteiger partial charge in [-0.05, 0) is 61.1 Å². The molecule has 1 aliphatic heterocycles. The highest BCUT2D eigenvalue weighted by molar-refractivity contribution is 6.31. The molecule has 0 spiro atoms. The number of anilines is 2. The molecule has 2 aromatic carbocycles. The maximum absolute atomic E-state index is 13.0. The van der Waals surface area contributed by atoms with Gasteiger partial charge in [-0.3, -0.25) is 14.4 Å². The highest BCUT2D eigenvalue weighted by atomic mass is 35.5. The predicted molar refractivity (Wildman–Crippen MR) is 122 cm³/mol. The summed E-state index contributed by atoms with van der Waals surface area (Å²) in [5.74, 6) is -2.09. The number of allylic oxidation sites excluding steroid dienone is 2. The molecule has 0 radical (unpaired) electrons. The van der Waals surface area contributed by atoms with E-state index in [1.165, 1.54) is 17.0 Å². The number of hydrogen-bond donors (Lipinski definition) is 1. The lowest BCUT2D eigenvalue weighted by atomic mass is 9.85. The van der Waals surface area contributed by atoms with E-state index in [-0.39, 0.29) is 41.0 Å². The third kappa shape index (κ3) is 3.72. The average Bonchev–Trinajstić information content (AvgIpc) is 3.48. The van der Waals surface area contributed by atoms with E-state index in [0.717, 1.165) is 12.0 Å². The maximum Gasteiger partial charge on any atom is 0.338 e. The van der Waals surface area contributed by atoms with Crippen LogP contribution in [0.4, 0.5) is 11.4 Å². The summed E-state index contributed by atoms with van der Waals surface area (Å²) in [5, 5.41) is 3.13. The molecule has 5 rings (SSSR count). The van der Waals surface area contributed by atoms with Gasteiger partial charge in [0.05, 0.1) is 23.1 Å². The molecule has 33 heavy (non-hydrogen) atoms. The predicted octanol–water partition coefficient (Wildman–Crippen LogP) is 3.76. The van der Waals surface area contributed by atoms with Gasteiger partial charge in [-0.15, -0.1) is 0 Å². The van der Waals surface area contributed by atoms with Gasteiger partial charge in [0.1, 0.15) is 0 Å². The summed E-state index contributed by atoms with van der Waals surface area (Å²) in [6, 6.07) is 11.3. The minimum Gasteiger partial charge on any atom is -0.452 e. The van der Waals surface area contributed by atoms with Gasteiger partial charge < -0.3 is 10.1 Å². The Balaban J connectivity index is 1.25. The molecular weight excluding hydrogens is 444 g/mol. The molecule has 2 fully saturated rings. The van der Waals surface area contributed by atoms with Crippen molar-refractivity contribution in [1.82, 2.24) is 0 Å². The zero-order valence-electron chi connectivity index (χ0n) is 17.8. The van der Waals surface area contributed by atoms with Crippen LogP contribution >= 0.6 is 11.6 Å². The van der Waals surface area contributed by atoms with Crippen LogP contribution in [0.15, 0.2) is 54.6 Å². The summed E-state index contributed by atoms with van der Waals surface area (Å²) in [6.07, 6.45) is 4.91. The first-order valence-electron chi connectivity index (χ1n) is 10.7. The fourth-order valence-corrected chi connectivity index (χ4v) is 5.23. The van der Waals surface area contributed by atoms with Gasteiger partial charge in [-0.25, -0.2) is 9.69 Å². The molecule has 7 nitrogen and oxygen atoms in total. The highest BCUT2D eigenvalue weighted by Gasteiger charge is 2.59. The number of halogens is 1. The highest BCUT2D eigenvalue weighted by Crippen LogP contribution is 2.53. The lowest BCUT2D eigenvalue weighted by Gasteiger charge is -2.18. The number of ether oxygens (including phenoxy) is 1. The Labute approximate surface area is 195 Å². The lowest BCUT2D eigenvalue weighted by molar-refractivity contribution is -0.123. The number of benzene rings is 2. The summed E-state index contributed by atoms with van der Waals surface area (Å²) in [6.45, 7) is 1.33. The molecule has 3 aliphatic rings. The number of aryl methyl sites for hydroxylation is 1. The van der Waals surface area contributed by atoms with Crippen molar-refractivity contribution < 1.29 is 23.9 Å². The Bertz CT molecular complexity index is 1190. The molecule has 0 unspecified atom stereocenters. The number of esters is 1. The van der Waals surface area contributed by atoms with Gasteiger partial charge in [0.15, 0.2) is 6.61 Å². The van der Waals surface area contributed by atoms with Gasteiger partial charge >= 0.3 is 5.97 Å². The minimum absolute atomic E-state index is 0.108. The number of nitrogens with zero attached hydrogens (tertiary/aromatic N) is 1. The largest absolute Gasteiger partial charge is 0.452 e. The third-order valence-corrected chi connectivity index (χ3v) is 6.85. The fourth-order valence-electron chi connectivity index (χ4n) is 5.06. The second-order valence-electron chi connectivity index (χ2n) is 8.65. The van der Waals surface area contributed by atoms with Crippen LogP contribution in [-0.4, -0.2) is 30.3 Å². The van der Waals surface area contributed by atoms with E-state index in [2.05, 4.69) is 5.32 Å². The van der Waals surface area contributed by atoms with E-state index in [1.807, 2.05) is 19.1 Å². The van der Waals surface area contributed by atoms with Crippen LogP contribution < -0.4 is 10.2 Å². The van der Waals surface area contributed by atoms with Crippen LogP contribution in [0.25, 0.3) is 0 Å². The van der Waals surface area contributed by atoms with Crippen molar-refractivity contribution in [3.05, 3.63) is 70.8 Å². The number of imide groups is 1. The number of carbonyl (C=O) groups is 4. The molecule has 1 N–H and O–H groups in total. The summed E-state index contributed by atoms with van der Waals surface area (Å²) in [7, 11) is 0. The molecular formula is C25H21ClN2O5. The molecule has 2 aromatic rings. The Morgan fingerprint density at radius 3 is 2.45 bits per heavy atom. The quantitative estimate of drug-likeness (QED) is 0.413. The number of carbonyl (C=O) groups excluding carboxylic acids is 4. The smallest absolute Gasteiger partial charge is 0.338 e. The van der Waals surface area contributed by atoms with E-state index < -0.39 is 18.5 Å². The number of nitrogens with one attached hydrogen (secondary N) is 1. The van der Waals surface area contributed by atoms with E-state index in [1.54, 1.807) is 30.3 Å². The minimum atomic E-state index is -0.726. The summed E-state index contributed by atoms with van der Waals surface area (Å²) in [4.78, 5) is 51.9. The SMILES string of the molecule is Cc1ccc(Cl)cc1NC(=O)COC(=O)c1cccc(N2C(=O)[C@H]3[C@H](C2=O)[C@H]2C=C[C@H]3C2)c1.